The van der Waals surface area contributed by atoms with Crippen LogP contribution in [0.15, 0.2) is 29.3 Å². The molecule has 0 bridgehead atoms. The molecule has 2 aromatic rings. The molecule has 1 N–H and O–H groups in total. The number of hydrogen-bond donors (Lipinski definition) is 1. The minimum Gasteiger partial charge on any atom is -0.373 e. The number of thioether (sulfide) groups is 1. The molecule has 10 heteroatoms. The number of piperidine rings is 2. The summed E-state index contributed by atoms with van der Waals surface area (Å²) >= 11 is 1.95. The number of halogens is 3. The van der Waals surface area contributed by atoms with E-state index in [4.69, 9.17) is 4.74 Å². The molecule has 218 valence electrons. The Hall–Kier alpha value is -2.04. The van der Waals surface area contributed by atoms with Crippen molar-refractivity contribution in [3.8, 4) is 0 Å². The molecule has 2 spiro atoms. The van der Waals surface area contributed by atoms with E-state index < -0.39 is 11.7 Å². The average Bonchev–Trinajstić information content (AvgIpc) is 2.88. The van der Waals surface area contributed by atoms with E-state index in [9.17, 15) is 13.2 Å². The van der Waals surface area contributed by atoms with Gasteiger partial charge in [0.2, 0.25) is 5.95 Å². The Kier molecular flexibility index (Phi) is 7.49. The third-order valence-corrected chi connectivity index (χ3v) is 10.7. The number of ether oxygens (including phenoxy) is 1. The number of aromatic nitrogens is 2. The molecule has 1 aromatic heterocycles. The smallest absolute Gasteiger partial charge is 0.373 e. The quantitative estimate of drug-likeness (QED) is 0.396. The van der Waals surface area contributed by atoms with Gasteiger partial charge in [-0.1, -0.05) is 0 Å². The third-order valence-electron chi connectivity index (χ3n) is 9.54. The lowest BCUT2D eigenvalue weighted by Gasteiger charge is -2.52. The van der Waals surface area contributed by atoms with Crippen molar-refractivity contribution in [1.82, 2.24) is 14.9 Å². The van der Waals surface area contributed by atoms with Gasteiger partial charge in [-0.15, -0.1) is 11.8 Å². The van der Waals surface area contributed by atoms with Crippen LogP contribution in [0.1, 0.15) is 69.9 Å². The van der Waals surface area contributed by atoms with Crippen molar-refractivity contribution in [2.45, 2.75) is 93.7 Å². The maximum Gasteiger partial charge on any atom is 0.421 e. The maximum absolute atomic E-state index is 13.9. The van der Waals surface area contributed by atoms with Gasteiger partial charge in [0.1, 0.15) is 11.4 Å². The van der Waals surface area contributed by atoms with Gasteiger partial charge in [-0.3, -0.25) is 0 Å². The minimum atomic E-state index is -4.53. The molecule has 0 amide bonds. The predicted octanol–water partition coefficient (Wildman–Crippen LogP) is 7.05. The molecule has 3 saturated heterocycles. The highest BCUT2D eigenvalue weighted by Gasteiger charge is 2.47. The molecule has 0 radical (unpaired) electrons. The lowest BCUT2D eigenvalue weighted by atomic mass is 9.63. The summed E-state index contributed by atoms with van der Waals surface area (Å²) in [5, 5.41) is 3.84. The predicted molar refractivity (Wildman–Crippen MR) is 153 cm³/mol. The average molecular weight is 576 g/mol. The summed E-state index contributed by atoms with van der Waals surface area (Å²) in [6, 6.07) is 6.88. The lowest BCUT2D eigenvalue weighted by molar-refractivity contribution is -0.152. The van der Waals surface area contributed by atoms with Gasteiger partial charge in [0, 0.05) is 47.6 Å². The summed E-state index contributed by atoms with van der Waals surface area (Å²) in [5.41, 5.74) is 1.23. The van der Waals surface area contributed by atoms with Gasteiger partial charge in [0.25, 0.3) is 0 Å². The number of nitrogens with one attached hydrogen (secondary N) is 1. The van der Waals surface area contributed by atoms with E-state index in [2.05, 4.69) is 46.2 Å². The number of likely N-dealkylation sites (tertiary alicyclic amines) is 1. The fourth-order valence-corrected chi connectivity index (χ4v) is 8.59. The molecule has 40 heavy (non-hydrogen) atoms. The van der Waals surface area contributed by atoms with Crippen molar-refractivity contribution in [1.29, 1.82) is 0 Å². The fraction of sp³-hybridized carbons (Fsp3) is 0.667. The van der Waals surface area contributed by atoms with Crippen LogP contribution in [0.25, 0.3) is 0 Å². The largest absolute Gasteiger partial charge is 0.421 e. The third kappa shape index (κ3) is 5.68. The summed E-state index contributed by atoms with van der Waals surface area (Å²) < 4.78 is 47.5. The van der Waals surface area contributed by atoms with Gasteiger partial charge in [0.05, 0.1) is 12.2 Å². The zero-order valence-electron chi connectivity index (χ0n) is 23.7. The summed E-state index contributed by atoms with van der Waals surface area (Å²) in [7, 11) is 0. The van der Waals surface area contributed by atoms with Crippen LogP contribution < -0.4 is 10.2 Å². The molecule has 4 aliphatic rings. The van der Waals surface area contributed by atoms with Crippen LogP contribution >= 0.6 is 11.8 Å². The first kappa shape index (κ1) is 28.1. The fourth-order valence-electron chi connectivity index (χ4n) is 6.94. The Bertz CT molecular complexity index is 1220. The van der Waals surface area contributed by atoms with Crippen molar-refractivity contribution in [2.75, 3.05) is 43.0 Å². The summed E-state index contributed by atoms with van der Waals surface area (Å²) in [5.74, 6) is 0.108. The van der Waals surface area contributed by atoms with Gasteiger partial charge in [-0.25, -0.2) is 4.98 Å². The van der Waals surface area contributed by atoms with E-state index in [1.807, 2.05) is 24.8 Å². The highest BCUT2D eigenvalue weighted by Crippen LogP contribution is 2.55. The number of rotatable bonds is 6. The van der Waals surface area contributed by atoms with Crippen molar-refractivity contribution in [3.05, 3.63) is 35.5 Å². The highest BCUT2D eigenvalue weighted by atomic mass is 32.2. The van der Waals surface area contributed by atoms with Crippen LogP contribution in [0.2, 0.25) is 0 Å². The molecule has 1 aliphatic carbocycles. The molecule has 1 atom stereocenters. The van der Waals surface area contributed by atoms with E-state index in [-0.39, 0.29) is 17.4 Å². The van der Waals surface area contributed by atoms with Crippen LogP contribution in [0, 0.1) is 12.3 Å². The Balaban J connectivity index is 1.11. The maximum atomic E-state index is 13.9. The summed E-state index contributed by atoms with van der Waals surface area (Å²) in [4.78, 5) is 14.0. The van der Waals surface area contributed by atoms with Crippen LogP contribution in [-0.4, -0.2) is 64.5 Å². The van der Waals surface area contributed by atoms with Crippen molar-refractivity contribution in [2.24, 2.45) is 5.41 Å². The molecule has 6 nitrogen and oxygen atoms in total. The SMILES string of the molecule is Cc1cc(SC2CC3(CCN(C(C)C)CC3)C2)ccc1Nc1ncc(C(F)(F)F)c(N2CCCC3(CCO3)C2)n1. The summed E-state index contributed by atoms with van der Waals surface area (Å²) in [6.45, 7) is 10.6. The van der Waals surface area contributed by atoms with Gasteiger partial charge in [-0.05, 0) is 102 Å². The van der Waals surface area contributed by atoms with Crippen molar-refractivity contribution in [3.63, 3.8) is 0 Å². The number of hydrogen-bond acceptors (Lipinski definition) is 7. The molecular formula is C30H40F3N5OS. The molecule has 6 rings (SSSR count). The minimum absolute atomic E-state index is 0.0671. The second-order valence-electron chi connectivity index (χ2n) is 12.6. The second kappa shape index (κ2) is 10.7. The normalized spacial score (nSPS) is 25.3. The molecule has 1 saturated carbocycles. The first-order chi connectivity index (χ1) is 19.0. The van der Waals surface area contributed by atoms with Crippen molar-refractivity contribution < 1.29 is 17.9 Å². The van der Waals surface area contributed by atoms with Gasteiger partial charge in [0.15, 0.2) is 0 Å². The first-order valence-corrected chi connectivity index (χ1v) is 15.5. The Labute approximate surface area is 239 Å². The lowest BCUT2D eigenvalue weighted by Crippen LogP contribution is -2.56. The van der Waals surface area contributed by atoms with Crippen LogP contribution in [0.4, 0.5) is 30.6 Å². The summed E-state index contributed by atoms with van der Waals surface area (Å²) in [6.07, 6.45) is 4.11. The van der Waals surface area contributed by atoms with Gasteiger partial charge < -0.3 is 19.9 Å². The number of alkyl halides is 3. The van der Waals surface area contributed by atoms with Crippen molar-refractivity contribution >= 4 is 29.2 Å². The van der Waals surface area contributed by atoms with Gasteiger partial charge in [-0.2, -0.15) is 18.2 Å². The van der Waals surface area contributed by atoms with Crippen LogP contribution in [0.5, 0.6) is 0 Å². The first-order valence-electron chi connectivity index (χ1n) is 14.6. The molecule has 4 fully saturated rings. The van der Waals surface area contributed by atoms with Crippen LogP contribution in [-0.2, 0) is 10.9 Å². The van der Waals surface area contributed by atoms with E-state index >= 15 is 0 Å². The van der Waals surface area contributed by atoms with E-state index in [0.29, 0.717) is 36.4 Å². The van der Waals surface area contributed by atoms with Crippen LogP contribution in [0.3, 0.4) is 0 Å². The van der Waals surface area contributed by atoms with E-state index in [0.717, 1.165) is 36.7 Å². The number of benzene rings is 1. The molecule has 3 aliphatic heterocycles. The standard InChI is InChI=1S/C30H40F3N5OS/c1-20(2)37-12-8-28(9-13-37)16-23(17-28)40-22-5-6-25(21(3)15-22)35-27-34-18-24(30(31,32)33)26(36-27)38-11-4-7-29(19-38)10-14-39-29/h5-6,15,18,20,23H,4,7-14,16-17,19H2,1-3H3,(H,34,35,36). The molecular weight excluding hydrogens is 535 g/mol. The van der Waals surface area contributed by atoms with Gasteiger partial charge >= 0.3 is 6.18 Å². The zero-order chi connectivity index (χ0) is 28.1. The molecule has 1 unspecified atom stereocenters. The molecule has 4 heterocycles. The second-order valence-corrected chi connectivity index (χ2v) is 14.0. The zero-order valence-corrected chi connectivity index (χ0v) is 24.5. The Morgan fingerprint density at radius 3 is 2.48 bits per heavy atom. The number of anilines is 3. The monoisotopic (exact) mass is 575 g/mol. The van der Waals surface area contributed by atoms with E-state index in [1.165, 1.54) is 43.7 Å². The molecule has 1 aromatic carbocycles. The number of aryl methyl sites for hydroxylation is 1. The number of nitrogens with zero attached hydrogens (tertiary/aromatic N) is 4. The Morgan fingerprint density at radius 1 is 1.10 bits per heavy atom. The Morgan fingerprint density at radius 2 is 1.85 bits per heavy atom. The van der Waals surface area contributed by atoms with E-state index in [1.54, 1.807) is 4.90 Å². The topological polar surface area (TPSA) is 53.5 Å². The highest BCUT2D eigenvalue weighted by molar-refractivity contribution is 8.00.